The average Bonchev–Trinajstić information content (AvgIpc) is 2.62. The van der Waals surface area contributed by atoms with E-state index in [4.69, 9.17) is 14.2 Å². The summed E-state index contributed by atoms with van der Waals surface area (Å²) in [5.74, 6) is 1.33. The maximum atomic E-state index is 12.4. The standard InChI is InChI=1S/C21H27NO4/c1-14-6-8-19(10-15(14)2)26-13-18-11-17(7-9-20(18)25-5)21(23)22-16(3)12-24-4/h6-11,16H,12-13H2,1-5H3,(H,22,23). The Morgan fingerprint density at radius 3 is 2.50 bits per heavy atom. The smallest absolute Gasteiger partial charge is 0.251 e. The zero-order valence-electron chi connectivity index (χ0n) is 16.1. The Labute approximate surface area is 155 Å². The topological polar surface area (TPSA) is 56.8 Å². The van der Waals surface area contributed by atoms with Gasteiger partial charge in [0, 0.05) is 24.3 Å². The summed E-state index contributed by atoms with van der Waals surface area (Å²) in [6.45, 7) is 6.80. The van der Waals surface area contributed by atoms with Crippen LogP contribution in [0.25, 0.3) is 0 Å². The fourth-order valence-corrected chi connectivity index (χ4v) is 2.60. The molecule has 26 heavy (non-hydrogen) atoms. The number of carbonyl (C=O) groups excluding carboxylic acids is 1. The monoisotopic (exact) mass is 357 g/mol. The van der Waals surface area contributed by atoms with Gasteiger partial charge in [-0.3, -0.25) is 4.79 Å². The lowest BCUT2D eigenvalue weighted by atomic mass is 10.1. The molecular weight excluding hydrogens is 330 g/mol. The molecule has 1 amide bonds. The van der Waals surface area contributed by atoms with Gasteiger partial charge in [0.1, 0.15) is 18.1 Å². The van der Waals surface area contributed by atoms with Crippen molar-refractivity contribution in [2.75, 3.05) is 20.8 Å². The number of carbonyl (C=O) groups is 1. The maximum absolute atomic E-state index is 12.4. The molecule has 0 radical (unpaired) electrons. The molecular formula is C21H27NO4. The minimum atomic E-state index is -0.148. The van der Waals surface area contributed by atoms with Gasteiger partial charge in [0.15, 0.2) is 0 Å². The van der Waals surface area contributed by atoms with Crippen molar-refractivity contribution in [3.8, 4) is 11.5 Å². The summed E-state index contributed by atoms with van der Waals surface area (Å²) < 4.78 is 16.3. The average molecular weight is 357 g/mol. The third kappa shape index (κ3) is 5.23. The van der Waals surface area contributed by atoms with Gasteiger partial charge >= 0.3 is 0 Å². The van der Waals surface area contributed by atoms with Gasteiger partial charge in [-0.2, -0.15) is 0 Å². The van der Waals surface area contributed by atoms with Crippen LogP contribution in [-0.2, 0) is 11.3 Å². The largest absolute Gasteiger partial charge is 0.496 e. The molecule has 0 aliphatic heterocycles. The Morgan fingerprint density at radius 2 is 1.85 bits per heavy atom. The summed E-state index contributed by atoms with van der Waals surface area (Å²) in [5.41, 5.74) is 3.78. The zero-order valence-corrected chi connectivity index (χ0v) is 16.1. The van der Waals surface area contributed by atoms with Crippen LogP contribution in [0.5, 0.6) is 11.5 Å². The van der Waals surface area contributed by atoms with Crippen molar-refractivity contribution in [2.45, 2.75) is 33.4 Å². The third-order valence-corrected chi connectivity index (χ3v) is 4.21. The zero-order chi connectivity index (χ0) is 19.1. The van der Waals surface area contributed by atoms with Crippen molar-refractivity contribution < 1.29 is 19.0 Å². The van der Waals surface area contributed by atoms with E-state index in [2.05, 4.69) is 19.2 Å². The number of methoxy groups -OCH3 is 2. The number of ether oxygens (including phenoxy) is 3. The van der Waals surface area contributed by atoms with Crippen LogP contribution in [0.1, 0.15) is 34.0 Å². The van der Waals surface area contributed by atoms with Crippen LogP contribution in [0.15, 0.2) is 36.4 Å². The lowest BCUT2D eigenvalue weighted by molar-refractivity contribution is 0.0905. The first-order valence-electron chi connectivity index (χ1n) is 8.61. The summed E-state index contributed by atoms with van der Waals surface area (Å²) in [6.07, 6.45) is 0. The molecule has 5 nitrogen and oxygen atoms in total. The van der Waals surface area contributed by atoms with E-state index in [-0.39, 0.29) is 11.9 Å². The SMILES string of the molecule is COCC(C)NC(=O)c1ccc(OC)c(COc2ccc(C)c(C)c2)c1. The third-order valence-electron chi connectivity index (χ3n) is 4.21. The van der Waals surface area contributed by atoms with E-state index >= 15 is 0 Å². The lowest BCUT2D eigenvalue weighted by Crippen LogP contribution is -2.35. The number of rotatable bonds is 8. The maximum Gasteiger partial charge on any atom is 0.251 e. The fourth-order valence-electron chi connectivity index (χ4n) is 2.60. The lowest BCUT2D eigenvalue weighted by Gasteiger charge is -2.15. The molecule has 140 valence electrons. The molecule has 1 N–H and O–H groups in total. The van der Waals surface area contributed by atoms with Crippen LogP contribution >= 0.6 is 0 Å². The van der Waals surface area contributed by atoms with Crippen LogP contribution in [0.2, 0.25) is 0 Å². The Morgan fingerprint density at radius 1 is 1.08 bits per heavy atom. The van der Waals surface area contributed by atoms with Crippen molar-refractivity contribution >= 4 is 5.91 Å². The molecule has 2 aromatic rings. The van der Waals surface area contributed by atoms with Gasteiger partial charge in [-0.1, -0.05) is 6.07 Å². The molecule has 0 aromatic heterocycles. The molecule has 1 unspecified atom stereocenters. The van der Waals surface area contributed by atoms with Gasteiger partial charge in [0.2, 0.25) is 0 Å². The molecule has 0 saturated carbocycles. The van der Waals surface area contributed by atoms with Crippen LogP contribution in [0, 0.1) is 13.8 Å². The molecule has 0 aliphatic rings. The number of hydrogen-bond donors (Lipinski definition) is 1. The molecule has 0 bridgehead atoms. The molecule has 0 fully saturated rings. The Hall–Kier alpha value is -2.53. The van der Waals surface area contributed by atoms with E-state index in [0.29, 0.717) is 24.5 Å². The van der Waals surface area contributed by atoms with Crippen LogP contribution in [-0.4, -0.2) is 32.8 Å². The summed E-state index contributed by atoms with van der Waals surface area (Å²) in [7, 11) is 3.22. The van der Waals surface area contributed by atoms with E-state index in [1.807, 2.05) is 25.1 Å². The number of nitrogens with one attached hydrogen (secondary N) is 1. The van der Waals surface area contributed by atoms with E-state index < -0.39 is 0 Å². The Balaban J connectivity index is 2.13. The predicted molar refractivity (Wildman–Crippen MR) is 102 cm³/mol. The molecule has 1 atom stereocenters. The van der Waals surface area contributed by atoms with Gasteiger partial charge in [0.25, 0.3) is 5.91 Å². The van der Waals surface area contributed by atoms with Crippen molar-refractivity contribution in [1.82, 2.24) is 5.32 Å². The highest BCUT2D eigenvalue weighted by Crippen LogP contribution is 2.23. The van der Waals surface area contributed by atoms with E-state index in [1.54, 1.807) is 32.4 Å². The molecule has 0 saturated heterocycles. The van der Waals surface area contributed by atoms with Crippen molar-refractivity contribution in [3.63, 3.8) is 0 Å². The normalized spacial score (nSPS) is 11.7. The van der Waals surface area contributed by atoms with Gasteiger partial charge in [-0.25, -0.2) is 0 Å². The van der Waals surface area contributed by atoms with Gasteiger partial charge in [0.05, 0.1) is 13.7 Å². The number of aryl methyl sites for hydroxylation is 2. The van der Waals surface area contributed by atoms with Gasteiger partial charge < -0.3 is 19.5 Å². The predicted octanol–water partition coefficient (Wildman–Crippen LogP) is 3.66. The summed E-state index contributed by atoms with van der Waals surface area (Å²) in [5, 5.41) is 2.90. The van der Waals surface area contributed by atoms with Gasteiger partial charge in [-0.05, 0) is 62.2 Å². The number of benzene rings is 2. The first kappa shape index (κ1) is 19.8. The quantitative estimate of drug-likeness (QED) is 0.783. The second-order valence-corrected chi connectivity index (χ2v) is 6.39. The Bertz CT molecular complexity index is 758. The highest BCUT2D eigenvalue weighted by atomic mass is 16.5. The summed E-state index contributed by atoms with van der Waals surface area (Å²) >= 11 is 0. The van der Waals surface area contributed by atoms with E-state index in [9.17, 15) is 4.79 Å². The van der Waals surface area contributed by atoms with Gasteiger partial charge in [-0.15, -0.1) is 0 Å². The Kier molecular flexibility index (Phi) is 7.04. The first-order valence-corrected chi connectivity index (χ1v) is 8.61. The molecule has 2 rings (SSSR count). The van der Waals surface area contributed by atoms with Crippen LogP contribution in [0.3, 0.4) is 0 Å². The number of amides is 1. The second-order valence-electron chi connectivity index (χ2n) is 6.39. The highest BCUT2D eigenvalue weighted by molar-refractivity contribution is 5.94. The molecule has 5 heteroatoms. The van der Waals surface area contributed by atoms with Crippen molar-refractivity contribution in [1.29, 1.82) is 0 Å². The summed E-state index contributed by atoms with van der Waals surface area (Å²) in [4.78, 5) is 12.4. The van der Waals surface area contributed by atoms with E-state index in [0.717, 1.165) is 11.3 Å². The highest BCUT2D eigenvalue weighted by Gasteiger charge is 2.13. The fraction of sp³-hybridized carbons (Fsp3) is 0.381. The van der Waals surface area contributed by atoms with Crippen molar-refractivity contribution in [3.05, 3.63) is 58.7 Å². The van der Waals surface area contributed by atoms with Crippen molar-refractivity contribution in [2.24, 2.45) is 0 Å². The van der Waals surface area contributed by atoms with Crippen LogP contribution < -0.4 is 14.8 Å². The summed E-state index contributed by atoms with van der Waals surface area (Å²) in [6, 6.07) is 11.2. The molecule has 0 heterocycles. The minimum absolute atomic E-state index is 0.0650. The van der Waals surface area contributed by atoms with Crippen LogP contribution in [0.4, 0.5) is 0 Å². The second kappa shape index (κ2) is 9.25. The molecule has 2 aromatic carbocycles. The first-order chi connectivity index (χ1) is 12.4. The molecule has 0 aliphatic carbocycles. The van der Waals surface area contributed by atoms with E-state index in [1.165, 1.54) is 11.1 Å². The number of hydrogen-bond acceptors (Lipinski definition) is 4. The minimum Gasteiger partial charge on any atom is -0.496 e. The molecule has 0 spiro atoms.